The van der Waals surface area contributed by atoms with Gasteiger partial charge in [0, 0.05) is 11.7 Å². The van der Waals surface area contributed by atoms with Gasteiger partial charge in [-0.1, -0.05) is 32.6 Å². The number of hydrogen-bond acceptors (Lipinski definition) is 1. The molecule has 2 unspecified atom stereocenters. The molecule has 0 aromatic carbocycles. The fraction of sp³-hybridized carbons (Fsp3) is 0.933. The van der Waals surface area contributed by atoms with Gasteiger partial charge in [0.05, 0.1) is 0 Å². The van der Waals surface area contributed by atoms with Crippen LogP contribution >= 0.6 is 10.0 Å². The van der Waals surface area contributed by atoms with Gasteiger partial charge in [0.15, 0.2) is 0 Å². The molecule has 0 radical (unpaired) electrons. The molecule has 0 bridgehead atoms. The third-order valence-corrected chi connectivity index (χ3v) is 10.1. The highest BCUT2D eigenvalue weighted by molar-refractivity contribution is 8.34. The van der Waals surface area contributed by atoms with Crippen LogP contribution in [0.15, 0.2) is 0 Å². The highest BCUT2D eigenvalue weighted by atomic mass is 32.3. The molecule has 2 saturated carbocycles. The van der Waals surface area contributed by atoms with E-state index in [1.54, 1.807) is 0 Å². The summed E-state index contributed by atoms with van der Waals surface area (Å²) in [5.74, 6) is 1.88. The largest absolute Gasteiger partial charge is 0.299 e. The van der Waals surface area contributed by atoms with Gasteiger partial charge in [-0.2, -0.15) is 0 Å². The second kappa shape index (κ2) is 5.77. The zero-order chi connectivity index (χ0) is 12.3. The molecule has 0 saturated heterocycles. The van der Waals surface area contributed by atoms with Crippen molar-refractivity contribution in [1.82, 2.24) is 0 Å². The van der Waals surface area contributed by atoms with E-state index in [2.05, 4.69) is 13.2 Å². The minimum Gasteiger partial charge on any atom is -0.299 e. The number of carbonyl (C=O) groups is 1. The van der Waals surface area contributed by atoms with Crippen molar-refractivity contribution < 1.29 is 4.79 Å². The van der Waals surface area contributed by atoms with Gasteiger partial charge >= 0.3 is 0 Å². The van der Waals surface area contributed by atoms with Gasteiger partial charge in [-0.05, 0) is 42.9 Å². The molecule has 2 atom stereocenters. The summed E-state index contributed by atoms with van der Waals surface area (Å²) in [4.78, 5) is 12.3. The second-order valence-electron chi connectivity index (χ2n) is 5.98. The van der Waals surface area contributed by atoms with Gasteiger partial charge in [0.25, 0.3) is 0 Å². The number of Topliss-reactive ketones (excluding diaryl/α,β-unsaturated/α-hetero) is 1. The van der Waals surface area contributed by atoms with E-state index in [1.165, 1.54) is 50.7 Å². The van der Waals surface area contributed by atoms with Crippen LogP contribution in [0.5, 0.6) is 0 Å². The molecule has 2 aliphatic carbocycles. The monoisotopic (exact) mass is 256 g/mol. The average molecular weight is 256 g/mol. The Bertz CT molecular complexity index is 270. The standard InChI is InChI=1S/C15H28OS/c1-3-17(2,13-9-5-4-6-10-13)15-12-8-7-11-14(15)16/h13,15H,3-12H2,1-2H3. The third-order valence-electron chi connectivity index (χ3n) is 5.08. The van der Waals surface area contributed by atoms with Crippen LogP contribution in [-0.2, 0) is 4.79 Å². The molecule has 100 valence electrons. The Morgan fingerprint density at radius 3 is 2.29 bits per heavy atom. The van der Waals surface area contributed by atoms with Crippen molar-refractivity contribution >= 4 is 15.8 Å². The first kappa shape index (κ1) is 13.5. The van der Waals surface area contributed by atoms with Crippen LogP contribution in [0.1, 0.15) is 64.7 Å². The van der Waals surface area contributed by atoms with E-state index >= 15 is 0 Å². The molecule has 0 aliphatic heterocycles. The summed E-state index contributed by atoms with van der Waals surface area (Å²) < 4.78 is 0. The molecule has 0 amide bonds. The molecular weight excluding hydrogens is 228 g/mol. The molecule has 0 N–H and O–H groups in total. The zero-order valence-corrected chi connectivity index (χ0v) is 12.4. The van der Waals surface area contributed by atoms with Gasteiger partial charge in [-0.3, -0.25) is 4.79 Å². The highest BCUT2D eigenvalue weighted by Crippen LogP contribution is 2.59. The summed E-state index contributed by atoms with van der Waals surface area (Å²) in [5, 5.41) is 1.36. The van der Waals surface area contributed by atoms with Crippen LogP contribution < -0.4 is 0 Å². The van der Waals surface area contributed by atoms with Crippen LogP contribution in [-0.4, -0.2) is 28.3 Å². The Morgan fingerprint density at radius 1 is 1.06 bits per heavy atom. The van der Waals surface area contributed by atoms with Gasteiger partial charge in [-0.15, -0.1) is 0 Å². The van der Waals surface area contributed by atoms with Crippen LogP contribution in [0, 0.1) is 0 Å². The molecule has 2 fully saturated rings. The van der Waals surface area contributed by atoms with Gasteiger partial charge < -0.3 is 0 Å². The lowest BCUT2D eigenvalue weighted by atomic mass is 9.99. The fourth-order valence-corrected chi connectivity index (χ4v) is 7.97. The Hall–Kier alpha value is 0.0200. The molecule has 0 spiro atoms. The molecular formula is C15H28OS. The first-order chi connectivity index (χ1) is 8.18. The number of carbonyl (C=O) groups excluding carboxylic acids is 1. The molecule has 17 heavy (non-hydrogen) atoms. The second-order valence-corrected chi connectivity index (χ2v) is 10.3. The summed E-state index contributed by atoms with van der Waals surface area (Å²) in [7, 11) is -0.679. The summed E-state index contributed by atoms with van der Waals surface area (Å²) in [6, 6.07) is 0. The SMILES string of the molecule is CCS(C)(C1CCCCC1)C1CCCCC1=O. The molecule has 2 heteroatoms. The number of ketones is 1. The van der Waals surface area contributed by atoms with Crippen molar-refractivity contribution in [2.45, 2.75) is 75.2 Å². The Balaban J connectivity index is 2.13. The predicted octanol–water partition coefficient (Wildman–Crippen LogP) is 4.29. The summed E-state index contributed by atoms with van der Waals surface area (Å²) in [5.41, 5.74) is 0. The van der Waals surface area contributed by atoms with Crippen molar-refractivity contribution in [3.05, 3.63) is 0 Å². The number of rotatable bonds is 3. The maximum Gasteiger partial charge on any atom is 0.144 e. The Morgan fingerprint density at radius 2 is 1.71 bits per heavy atom. The van der Waals surface area contributed by atoms with Gasteiger partial charge in [0.2, 0.25) is 0 Å². The zero-order valence-electron chi connectivity index (χ0n) is 11.5. The fourth-order valence-electron chi connectivity index (χ4n) is 3.79. The van der Waals surface area contributed by atoms with Gasteiger partial charge in [0.1, 0.15) is 5.78 Å². The minimum absolute atomic E-state index is 0.462. The van der Waals surface area contributed by atoms with E-state index in [0.717, 1.165) is 18.1 Å². The highest BCUT2D eigenvalue weighted by Gasteiger charge is 2.40. The summed E-state index contributed by atoms with van der Waals surface area (Å²) in [6.07, 6.45) is 14.1. The van der Waals surface area contributed by atoms with Crippen molar-refractivity contribution in [3.63, 3.8) is 0 Å². The minimum atomic E-state index is -0.679. The van der Waals surface area contributed by atoms with E-state index in [9.17, 15) is 4.79 Å². The molecule has 2 rings (SSSR count). The smallest absolute Gasteiger partial charge is 0.144 e. The molecule has 0 aromatic heterocycles. The van der Waals surface area contributed by atoms with Crippen molar-refractivity contribution in [2.24, 2.45) is 0 Å². The van der Waals surface area contributed by atoms with Crippen LogP contribution in [0.3, 0.4) is 0 Å². The van der Waals surface area contributed by atoms with Crippen LogP contribution in [0.2, 0.25) is 0 Å². The van der Waals surface area contributed by atoms with E-state index in [0.29, 0.717) is 11.0 Å². The lowest BCUT2D eigenvalue weighted by molar-refractivity contribution is -0.119. The van der Waals surface area contributed by atoms with Crippen LogP contribution in [0.4, 0.5) is 0 Å². The normalized spacial score (nSPS) is 33.1. The van der Waals surface area contributed by atoms with E-state index < -0.39 is 10.0 Å². The van der Waals surface area contributed by atoms with Crippen molar-refractivity contribution in [1.29, 1.82) is 0 Å². The number of hydrogen-bond donors (Lipinski definition) is 0. The average Bonchev–Trinajstić information content (AvgIpc) is 2.39. The molecule has 2 aliphatic rings. The lowest BCUT2D eigenvalue weighted by Crippen LogP contribution is -2.37. The Kier molecular flexibility index (Phi) is 4.57. The lowest BCUT2D eigenvalue weighted by Gasteiger charge is -2.50. The maximum absolute atomic E-state index is 12.3. The van der Waals surface area contributed by atoms with E-state index in [1.807, 2.05) is 0 Å². The van der Waals surface area contributed by atoms with E-state index in [-0.39, 0.29) is 0 Å². The summed E-state index contributed by atoms with van der Waals surface area (Å²) in [6.45, 7) is 2.34. The topological polar surface area (TPSA) is 17.1 Å². The molecule has 0 heterocycles. The van der Waals surface area contributed by atoms with Gasteiger partial charge in [-0.25, -0.2) is 10.0 Å². The quantitative estimate of drug-likeness (QED) is 0.736. The first-order valence-corrected chi connectivity index (χ1v) is 9.78. The van der Waals surface area contributed by atoms with Crippen molar-refractivity contribution in [3.8, 4) is 0 Å². The predicted molar refractivity (Wildman–Crippen MR) is 78.2 cm³/mol. The maximum atomic E-state index is 12.3. The Labute approximate surface area is 108 Å². The van der Waals surface area contributed by atoms with E-state index in [4.69, 9.17) is 0 Å². The third kappa shape index (κ3) is 2.72. The van der Waals surface area contributed by atoms with Crippen LogP contribution in [0.25, 0.3) is 0 Å². The molecule has 1 nitrogen and oxygen atoms in total. The van der Waals surface area contributed by atoms with Crippen molar-refractivity contribution in [2.75, 3.05) is 12.0 Å². The summed E-state index contributed by atoms with van der Waals surface area (Å²) >= 11 is 0. The first-order valence-electron chi connectivity index (χ1n) is 7.45. The molecule has 0 aromatic rings.